The van der Waals surface area contributed by atoms with Crippen LogP contribution >= 0.6 is 0 Å². The van der Waals surface area contributed by atoms with E-state index in [1.807, 2.05) is 42.6 Å². The normalized spacial score (nSPS) is 14.3. The van der Waals surface area contributed by atoms with E-state index in [1.165, 1.54) is 0 Å². The fourth-order valence-corrected chi connectivity index (χ4v) is 5.61. The molecule has 1 unspecified atom stereocenters. The van der Waals surface area contributed by atoms with Gasteiger partial charge in [-0.25, -0.2) is 4.98 Å². The number of anilines is 1. The average Bonchev–Trinajstić information content (AvgIpc) is 3.46. The van der Waals surface area contributed by atoms with E-state index in [0.29, 0.717) is 0 Å². The van der Waals surface area contributed by atoms with E-state index in [0.717, 1.165) is 72.0 Å². The van der Waals surface area contributed by atoms with Crippen molar-refractivity contribution in [2.24, 2.45) is 0 Å². The zero-order valence-electron chi connectivity index (χ0n) is 21.0. The maximum absolute atomic E-state index is 6.42. The third kappa shape index (κ3) is 3.61. The maximum atomic E-state index is 6.42. The first-order chi connectivity index (χ1) is 19.3. The highest BCUT2D eigenvalue weighted by Crippen LogP contribution is 2.47. The summed E-state index contributed by atoms with van der Waals surface area (Å²) in [6.45, 7) is 0. The van der Waals surface area contributed by atoms with Gasteiger partial charge in [0.2, 0.25) is 0 Å². The number of ether oxygens (including phenoxy) is 1. The first-order valence-corrected chi connectivity index (χ1v) is 13.1. The quantitative estimate of drug-likeness (QED) is 0.246. The van der Waals surface area contributed by atoms with Crippen LogP contribution in [0.5, 0.6) is 5.75 Å². The summed E-state index contributed by atoms with van der Waals surface area (Å²) < 4.78 is 6.42. The van der Waals surface area contributed by atoms with Gasteiger partial charge < -0.3 is 10.1 Å². The summed E-state index contributed by atoms with van der Waals surface area (Å²) in [4.78, 5) is 9.88. The summed E-state index contributed by atoms with van der Waals surface area (Å²) in [5.74, 6) is 0.848. The molecule has 4 nitrogen and oxygen atoms in total. The molecule has 0 fully saturated rings. The minimum Gasteiger partial charge on any atom is -0.464 e. The van der Waals surface area contributed by atoms with Crippen LogP contribution in [-0.2, 0) is 0 Å². The molecule has 39 heavy (non-hydrogen) atoms. The molecule has 4 heteroatoms. The Morgan fingerprint density at radius 1 is 0.615 bits per heavy atom. The van der Waals surface area contributed by atoms with Crippen molar-refractivity contribution >= 4 is 38.3 Å². The number of hydrogen-bond acceptors (Lipinski definition) is 4. The van der Waals surface area contributed by atoms with Crippen molar-refractivity contribution in [1.29, 1.82) is 0 Å². The molecule has 3 heterocycles. The van der Waals surface area contributed by atoms with E-state index in [4.69, 9.17) is 14.7 Å². The number of para-hydroxylation sites is 1. The molecular weight excluding hydrogens is 478 g/mol. The minimum atomic E-state index is -0.247. The number of aromatic nitrogens is 2. The van der Waals surface area contributed by atoms with Gasteiger partial charge in [-0.05, 0) is 42.0 Å². The van der Waals surface area contributed by atoms with Gasteiger partial charge in [-0.15, -0.1) is 0 Å². The van der Waals surface area contributed by atoms with E-state index in [2.05, 4.69) is 90.2 Å². The van der Waals surface area contributed by atoms with Crippen LogP contribution in [0, 0.1) is 0 Å². The summed E-state index contributed by atoms with van der Waals surface area (Å²) in [5.41, 5.74) is 8.26. The van der Waals surface area contributed by atoms with Gasteiger partial charge in [-0.3, -0.25) is 4.98 Å². The van der Waals surface area contributed by atoms with Crippen molar-refractivity contribution in [3.8, 4) is 28.1 Å². The van der Waals surface area contributed by atoms with Gasteiger partial charge in [-0.2, -0.15) is 0 Å². The number of nitrogens with zero attached hydrogens (tertiary/aromatic N) is 2. The molecule has 1 N–H and O–H groups in total. The van der Waals surface area contributed by atoms with E-state index >= 15 is 0 Å². The van der Waals surface area contributed by atoms with E-state index in [1.54, 1.807) is 0 Å². The lowest BCUT2D eigenvalue weighted by molar-refractivity contribution is 0.260. The zero-order valence-corrected chi connectivity index (χ0v) is 21.0. The Morgan fingerprint density at radius 3 is 2.28 bits per heavy atom. The standard InChI is InChI=1S/C35H23N3O/c1-3-9-22(10-4-1)33-27-16-18-31-34(38-35(39-31)23-11-5-2-6-12-23)32(27)28-20-24(15-17-30(28)37-33)26-19-25-13-7-8-14-29(25)36-21-26/h1-21,35,38H. The van der Waals surface area contributed by atoms with Crippen LogP contribution < -0.4 is 10.1 Å². The van der Waals surface area contributed by atoms with Gasteiger partial charge in [0.15, 0.2) is 6.23 Å². The van der Waals surface area contributed by atoms with Crippen LogP contribution in [-0.4, -0.2) is 9.97 Å². The highest BCUT2D eigenvalue weighted by atomic mass is 16.5. The lowest BCUT2D eigenvalue weighted by Crippen LogP contribution is -2.09. The second-order valence-corrected chi connectivity index (χ2v) is 9.89. The molecule has 8 rings (SSSR count). The van der Waals surface area contributed by atoms with Crippen LogP contribution in [0.25, 0.3) is 55.0 Å². The second kappa shape index (κ2) is 8.67. The molecule has 1 atom stereocenters. The Balaban J connectivity index is 1.38. The topological polar surface area (TPSA) is 47.0 Å². The summed E-state index contributed by atoms with van der Waals surface area (Å²) in [6, 6.07) is 41.8. The lowest BCUT2D eigenvalue weighted by atomic mass is 9.96. The van der Waals surface area contributed by atoms with Crippen molar-refractivity contribution in [1.82, 2.24) is 9.97 Å². The van der Waals surface area contributed by atoms with Crippen molar-refractivity contribution in [2.75, 3.05) is 5.32 Å². The van der Waals surface area contributed by atoms with Crippen molar-refractivity contribution in [2.45, 2.75) is 6.23 Å². The Morgan fingerprint density at radius 2 is 1.41 bits per heavy atom. The number of hydrogen-bond donors (Lipinski definition) is 1. The van der Waals surface area contributed by atoms with E-state index < -0.39 is 0 Å². The molecule has 0 aliphatic carbocycles. The molecule has 0 saturated carbocycles. The summed E-state index contributed by atoms with van der Waals surface area (Å²) in [7, 11) is 0. The molecule has 2 aromatic heterocycles. The Kier molecular flexibility index (Phi) is 4.85. The van der Waals surface area contributed by atoms with E-state index in [-0.39, 0.29) is 6.23 Å². The van der Waals surface area contributed by atoms with Crippen LogP contribution in [0.1, 0.15) is 11.8 Å². The average molecular weight is 502 g/mol. The Labute approximate surface area is 225 Å². The number of benzene rings is 5. The third-order valence-corrected chi connectivity index (χ3v) is 7.51. The number of nitrogens with one attached hydrogen (secondary N) is 1. The van der Waals surface area contributed by atoms with Gasteiger partial charge in [0.05, 0.1) is 22.4 Å². The SMILES string of the molecule is c1ccc(-c2nc3ccc(-c4cnc5ccccc5c4)cc3c3c4c(ccc23)OC(c2ccccc2)N4)cc1. The van der Waals surface area contributed by atoms with Gasteiger partial charge in [0, 0.05) is 44.4 Å². The molecular formula is C35H23N3O. The molecule has 1 aliphatic heterocycles. The fourth-order valence-electron chi connectivity index (χ4n) is 5.61. The number of rotatable bonds is 3. The third-order valence-electron chi connectivity index (χ3n) is 7.51. The van der Waals surface area contributed by atoms with Crippen molar-refractivity contribution in [3.05, 3.63) is 133 Å². The van der Waals surface area contributed by atoms with Gasteiger partial charge in [0.25, 0.3) is 0 Å². The largest absolute Gasteiger partial charge is 0.464 e. The van der Waals surface area contributed by atoms with Gasteiger partial charge >= 0.3 is 0 Å². The molecule has 0 saturated heterocycles. The number of pyridine rings is 2. The van der Waals surface area contributed by atoms with Crippen LogP contribution in [0.4, 0.5) is 5.69 Å². The predicted molar refractivity (Wildman–Crippen MR) is 159 cm³/mol. The van der Waals surface area contributed by atoms with Crippen molar-refractivity contribution in [3.63, 3.8) is 0 Å². The molecule has 1 aliphatic rings. The molecule has 0 radical (unpaired) electrons. The minimum absolute atomic E-state index is 0.247. The second-order valence-electron chi connectivity index (χ2n) is 9.89. The Bertz CT molecular complexity index is 2020. The van der Waals surface area contributed by atoms with Crippen LogP contribution in [0.3, 0.4) is 0 Å². The lowest BCUT2D eigenvalue weighted by Gasteiger charge is -2.14. The smallest absolute Gasteiger partial charge is 0.196 e. The predicted octanol–water partition coefficient (Wildman–Crippen LogP) is 8.77. The molecule has 7 aromatic rings. The first-order valence-electron chi connectivity index (χ1n) is 13.1. The maximum Gasteiger partial charge on any atom is 0.196 e. The summed E-state index contributed by atoms with van der Waals surface area (Å²) >= 11 is 0. The first kappa shape index (κ1) is 21.8. The van der Waals surface area contributed by atoms with Crippen molar-refractivity contribution < 1.29 is 4.74 Å². The highest BCUT2D eigenvalue weighted by Gasteiger charge is 2.27. The molecule has 5 aromatic carbocycles. The highest BCUT2D eigenvalue weighted by molar-refractivity contribution is 6.18. The zero-order chi connectivity index (χ0) is 25.8. The molecule has 184 valence electrons. The monoisotopic (exact) mass is 501 g/mol. The number of fused-ring (bicyclic) bond motifs is 6. The Hall–Kier alpha value is -5.22. The molecule has 0 amide bonds. The van der Waals surface area contributed by atoms with Crippen LogP contribution in [0.15, 0.2) is 128 Å². The van der Waals surface area contributed by atoms with Crippen LogP contribution in [0.2, 0.25) is 0 Å². The molecule has 0 spiro atoms. The summed E-state index contributed by atoms with van der Waals surface area (Å²) in [5, 5.41) is 8.10. The van der Waals surface area contributed by atoms with Gasteiger partial charge in [0.1, 0.15) is 5.75 Å². The summed E-state index contributed by atoms with van der Waals surface area (Å²) in [6.07, 6.45) is 1.71. The molecule has 0 bridgehead atoms. The van der Waals surface area contributed by atoms with Gasteiger partial charge in [-0.1, -0.05) is 84.9 Å². The fraction of sp³-hybridized carbons (Fsp3) is 0.0286. The van der Waals surface area contributed by atoms with E-state index in [9.17, 15) is 0 Å².